The molecular formula is C11H22O2. The van der Waals surface area contributed by atoms with Crippen LogP contribution in [0.15, 0.2) is 0 Å². The molecule has 0 bridgehead atoms. The third-order valence-electron chi connectivity index (χ3n) is 4.33. The van der Waals surface area contributed by atoms with Crippen LogP contribution in [-0.4, -0.2) is 22.9 Å². The van der Waals surface area contributed by atoms with E-state index in [1.54, 1.807) is 0 Å². The monoisotopic (exact) mass is 186 g/mol. The minimum atomic E-state index is -0.347. The van der Waals surface area contributed by atoms with Crippen LogP contribution in [0, 0.1) is 16.7 Å². The molecule has 0 heterocycles. The van der Waals surface area contributed by atoms with E-state index in [4.69, 9.17) is 0 Å². The molecule has 13 heavy (non-hydrogen) atoms. The smallest absolute Gasteiger partial charge is 0.0618 e. The molecule has 1 aliphatic carbocycles. The van der Waals surface area contributed by atoms with Crippen LogP contribution in [-0.2, 0) is 0 Å². The van der Waals surface area contributed by atoms with Crippen LogP contribution in [0.3, 0.4) is 0 Å². The lowest BCUT2D eigenvalue weighted by molar-refractivity contribution is -0.115. The average molecular weight is 186 g/mol. The van der Waals surface area contributed by atoms with Gasteiger partial charge in [-0.3, -0.25) is 0 Å². The van der Waals surface area contributed by atoms with Gasteiger partial charge in [0.2, 0.25) is 0 Å². The molecular weight excluding hydrogens is 164 g/mol. The third-order valence-corrected chi connectivity index (χ3v) is 4.33. The van der Waals surface area contributed by atoms with E-state index in [0.717, 1.165) is 12.8 Å². The fraction of sp³-hybridized carbons (Fsp3) is 1.00. The maximum Gasteiger partial charge on any atom is 0.0618 e. The predicted molar refractivity (Wildman–Crippen MR) is 53.4 cm³/mol. The second kappa shape index (κ2) is 3.25. The normalized spacial score (nSPS) is 44.8. The number of hydrogen-bond donors (Lipinski definition) is 2. The summed E-state index contributed by atoms with van der Waals surface area (Å²) < 4.78 is 0. The highest BCUT2D eigenvalue weighted by atomic mass is 16.3. The van der Waals surface area contributed by atoms with Gasteiger partial charge in [0.05, 0.1) is 12.7 Å². The SMILES string of the molecule is C[C@@H]1C(C)(C)CC[C@H](O)[C@@]1(C)CO. The molecule has 1 saturated carbocycles. The third kappa shape index (κ3) is 1.62. The van der Waals surface area contributed by atoms with E-state index in [1.807, 2.05) is 6.92 Å². The van der Waals surface area contributed by atoms with Crippen molar-refractivity contribution in [1.29, 1.82) is 0 Å². The molecule has 0 saturated heterocycles. The van der Waals surface area contributed by atoms with Gasteiger partial charge in [0.25, 0.3) is 0 Å². The zero-order chi connectivity index (χ0) is 10.3. The highest BCUT2D eigenvalue weighted by molar-refractivity contribution is 4.97. The van der Waals surface area contributed by atoms with Gasteiger partial charge in [0.1, 0.15) is 0 Å². The molecule has 78 valence electrons. The Balaban J connectivity index is 2.91. The van der Waals surface area contributed by atoms with Gasteiger partial charge >= 0.3 is 0 Å². The number of hydrogen-bond acceptors (Lipinski definition) is 2. The van der Waals surface area contributed by atoms with Crippen molar-refractivity contribution in [1.82, 2.24) is 0 Å². The molecule has 3 atom stereocenters. The molecule has 0 amide bonds. The summed E-state index contributed by atoms with van der Waals surface area (Å²) >= 11 is 0. The summed E-state index contributed by atoms with van der Waals surface area (Å²) in [5.41, 5.74) is -0.0849. The Hall–Kier alpha value is -0.0800. The quantitative estimate of drug-likeness (QED) is 0.655. The highest BCUT2D eigenvalue weighted by Gasteiger charge is 2.48. The summed E-state index contributed by atoms with van der Waals surface area (Å²) in [5, 5.41) is 19.2. The topological polar surface area (TPSA) is 40.5 Å². The van der Waals surface area contributed by atoms with Crippen LogP contribution < -0.4 is 0 Å². The van der Waals surface area contributed by atoms with Gasteiger partial charge in [-0.25, -0.2) is 0 Å². The van der Waals surface area contributed by atoms with Crippen molar-refractivity contribution in [2.24, 2.45) is 16.7 Å². The van der Waals surface area contributed by atoms with E-state index in [0.29, 0.717) is 5.92 Å². The maximum absolute atomic E-state index is 9.87. The van der Waals surface area contributed by atoms with Crippen LogP contribution in [0.5, 0.6) is 0 Å². The van der Waals surface area contributed by atoms with E-state index in [9.17, 15) is 10.2 Å². The molecule has 2 N–H and O–H groups in total. The first-order valence-electron chi connectivity index (χ1n) is 5.13. The highest BCUT2D eigenvalue weighted by Crippen LogP contribution is 2.50. The van der Waals surface area contributed by atoms with E-state index in [1.165, 1.54) is 0 Å². The summed E-state index contributed by atoms with van der Waals surface area (Å²) in [6.45, 7) is 8.65. The molecule has 1 aliphatic rings. The Morgan fingerprint density at radius 3 is 2.23 bits per heavy atom. The summed E-state index contributed by atoms with van der Waals surface area (Å²) in [6.07, 6.45) is 1.51. The fourth-order valence-corrected chi connectivity index (χ4v) is 2.48. The first-order valence-corrected chi connectivity index (χ1v) is 5.13. The molecule has 1 fully saturated rings. The van der Waals surface area contributed by atoms with E-state index in [-0.39, 0.29) is 23.5 Å². The number of rotatable bonds is 1. The zero-order valence-corrected chi connectivity index (χ0v) is 9.17. The van der Waals surface area contributed by atoms with Crippen LogP contribution in [0.4, 0.5) is 0 Å². The first-order chi connectivity index (χ1) is 5.84. The molecule has 0 aromatic heterocycles. The Labute approximate surface area is 81.0 Å². The second-order valence-electron chi connectivity index (χ2n) is 5.43. The van der Waals surface area contributed by atoms with Gasteiger partial charge in [-0.05, 0) is 24.2 Å². The van der Waals surface area contributed by atoms with Gasteiger partial charge < -0.3 is 10.2 Å². The van der Waals surface area contributed by atoms with E-state index < -0.39 is 0 Å². The number of aliphatic hydroxyl groups is 2. The van der Waals surface area contributed by atoms with Crippen molar-refractivity contribution in [2.75, 3.05) is 6.61 Å². The van der Waals surface area contributed by atoms with Gasteiger partial charge in [0, 0.05) is 5.41 Å². The average Bonchev–Trinajstić information content (AvgIpc) is 2.09. The molecule has 0 radical (unpaired) electrons. The van der Waals surface area contributed by atoms with Crippen LogP contribution in [0.1, 0.15) is 40.5 Å². The lowest BCUT2D eigenvalue weighted by Crippen LogP contribution is -2.51. The first kappa shape index (κ1) is 11.0. The zero-order valence-electron chi connectivity index (χ0n) is 9.17. The summed E-state index contributed by atoms with van der Waals surface area (Å²) in [5.74, 6) is 0.355. The molecule has 0 aromatic carbocycles. The van der Waals surface area contributed by atoms with E-state index in [2.05, 4.69) is 20.8 Å². The summed E-state index contributed by atoms with van der Waals surface area (Å²) in [7, 11) is 0. The summed E-state index contributed by atoms with van der Waals surface area (Å²) in [4.78, 5) is 0. The van der Waals surface area contributed by atoms with Gasteiger partial charge in [-0.2, -0.15) is 0 Å². The minimum Gasteiger partial charge on any atom is -0.396 e. The Kier molecular flexibility index (Phi) is 2.75. The Morgan fingerprint density at radius 2 is 1.85 bits per heavy atom. The van der Waals surface area contributed by atoms with Crippen LogP contribution >= 0.6 is 0 Å². The molecule has 0 aromatic rings. The largest absolute Gasteiger partial charge is 0.396 e. The van der Waals surface area contributed by atoms with Crippen LogP contribution in [0.25, 0.3) is 0 Å². The van der Waals surface area contributed by atoms with Gasteiger partial charge in [0.15, 0.2) is 0 Å². The fourth-order valence-electron chi connectivity index (χ4n) is 2.48. The minimum absolute atomic E-state index is 0.0821. The van der Waals surface area contributed by atoms with Crippen molar-refractivity contribution in [3.8, 4) is 0 Å². The van der Waals surface area contributed by atoms with Crippen molar-refractivity contribution in [2.45, 2.75) is 46.6 Å². The Bertz CT molecular complexity index is 189. The van der Waals surface area contributed by atoms with Gasteiger partial charge in [-0.1, -0.05) is 27.7 Å². The van der Waals surface area contributed by atoms with Gasteiger partial charge in [-0.15, -0.1) is 0 Å². The molecule has 0 aliphatic heterocycles. The molecule has 2 heteroatoms. The summed E-state index contributed by atoms with van der Waals surface area (Å²) in [6, 6.07) is 0. The van der Waals surface area contributed by atoms with Crippen LogP contribution in [0.2, 0.25) is 0 Å². The van der Waals surface area contributed by atoms with E-state index >= 15 is 0 Å². The standard InChI is InChI=1S/C11H22O2/c1-8-10(2,3)6-5-9(13)11(8,4)7-12/h8-9,12-13H,5-7H2,1-4H3/t8-,9+,11+/m1/s1. The van der Waals surface area contributed by atoms with Crippen molar-refractivity contribution in [3.63, 3.8) is 0 Å². The molecule has 1 rings (SSSR count). The lowest BCUT2D eigenvalue weighted by Gasteiger charge is -2.51. The molecule has 0 spiro atoms. The van der Waals surface area contributed by atoms with Crippen molar-refractivity contribution < 1.29 is 10.2 Å². The molecule has 2 nitrogen and oxygen atoms in total. The van der Waals surface area contributed by atoms with Crippen molar-refractivity contribution in [3.05, 3.63) is 0 Å². The number of aliphatic hydroxyl groups excluding tert-OH is 2. The van der Waals surface area contributed by atoms with Crippen molar-refractivity contribution >= 4 is 0 Å². The Morgan fingerprint density at radius 1 is 1.31 bits per heavy atom. The predicted octanol–water partition coefficient (Wildman–Crippen LogP) is 1.80. The lowest BCUT2D eigenvalue weighted by atomic mass is 9.56. The second-order valence-corrected chi connectivity index (χ2v) is 5.43. The molecule has 0 unspecified atom stereocenters. The maximum atomic E-state index is 9.87.